The summed E-state index contributed by atoms with van der Waals surface area (Å²) in [7, 11) is 0. The number of carbonyl (C=O) groups is 2. The SMILES string of the molecule is CCCCCC(=O)N1CCN(c2ccc(C(=O)OCC)cc2[N+](=O)[O-])CC1. The molecule has 0 bridgehead atoms. The van der Waals surface area contributed by atoms with Crippen LogP contribution in [0.2, 0.25) is 0 Å². The fraction of sp³-hybridized carbons (Fsp3) is 0.579. The molecule has 0 unspecified atom stereocenters. The van der Waals surface area contributed by atoms with E-state index in [1.165, 1.54) is 6.07 Å². The highest BCUT2D eigenvalue weighted by molar-refractivity contribution is 5.91. The number of rotatable bonds is 8. The van der Waals surface area contributed by atoms with E-state index < -0.39 is 10.9 Å². The van der Waals surface area contributed by atoms with E-state index >= 15 is 0 Å². The molecule has 0 radical (unpaired) electrons. The van der Waals surface area contributed by atoms with Crippen LogP contribution in [0.5, 0.6) is 0 Å². The van der Waals surface area contributed by atoms with Crippen molar-refractivity contribution in [2.75, 3.05) is 37.7 Å². The zero-order chi connectivity index (χ0) is 19.8. The molecule has 1 aromatic rings. The molecule has 0 aromatic heterocycles. The molecule has 0 atom stereocenters. The summed E-state index contributed by atoms with van der Waals surface area (Å²) < 4.78 is 4.91. The molecule has 1 aliphatic heterocycles. The second kappa shape index (κ2) is 9.89. The van der Waals surface area contributed by atoms with Crippen LogP contribution in [0.15, 0.2) is 18.2 Å². The Balaban J connectivity index is 2.05. The summed E-state index contributed by atoms with van der Waals surface area (Å²) in [6, 6.07) is 4.39. The molecule has 8 heteroatoms. The Morgan fingerprint density at radius 2 is 1.85 bits per heavy atom. The third-order valence-corrected chi connectivity index (χ3v) is 4.65. The van der Waals surface area contributed by atoms with Gasteiger partial charge in [0.2, 0.25) is 5.91 Å². The molecule has 0 aliphatic carbocycles. The number of unbranched alkanes of at least 4 members (excludes halogenated alkanes) is 2. The van der Waals surface area contributed by atoms with Gasteiger partial charge in [0.05, 0.1) is 17.1 Å². The van der Waals surface area contributed by atoms with Gasteiger partial charge in [0.25, 0.3) is 5.69 Å². The molecule has 148 valence electrons. The molecule has 8 nitrogen and oxygen atoms in total. The number of carbonyl (C=O) groups excluding carboxylic acids is 2. The van der Waals surface area contributed by atoms with Gasteiger partial charge < -0.3 is 14.5 Å². The van der Waals surface area contributed by atoms with Crippen LogP contribution < -0.4 is 4.90 Å². The minimum atomic E-state index is -0.574. The van der Waals surface area contributed by atoms with Crippen molar-refractivity contribution in [3.8, 4) is 0 Å². The summed E-state index contributed by atoms with van der Waals surface area (Å²) in [5.74, 6) is -0.426. The van der Waals surface area contributed by atoms with E-state index in [0.717, 1.165) is 19.3 Å². The van der Waals surface area contributed by atoms with Gasteiger partial charge >= 0.3 is 5.97 Å². The number of piperazine rings is 1. The number of amides is 1. The van der Waals surface area contributed by atoms with Crippen LogP contribution >= 0.6 is 0 Å². The lowest BCUT2D eigenvalue weighted by molar-refractivity contribution is -0.384. The molecule has 2 rings (SSSR count). The van der Waals surface area contributed by atoms with E-state index in [1.807, 2.05) is 9.80 Å². The van der Waals surface area contributed by atoms with E-state index in [0.29, 0.717) is 38.3 Å². The van der Waals surface area contributed by atoms with Crippen LogP contribution in [0.25, 0.3) is 0 Å². The average Bonchev–Trinajstić information content (AvgIpc) is 2.68. The number of nitrogens with zero attached hydrogens (tertiary/aromatic N) is 3. The van der Waals surface area contributed by atoms with Gasteiger partial charge in [-0.3, -0.25) is 14.9 Å². The third kappa shape index (κ3) is 5.42. The van der Waals surface area contributed by atoms with E-state index in [2.05, 4.69) is 6.92 Å². The number of nitro benzene ring substituents is 1. The molecule has 0 spiro atoms. The zero-order valence-corrected chi connectivity index (χ0v) is 16.0. The highest BCUT2D eigenvalue weighted by atomic mass is 16.6. The number of esters is 1. The van der Waals surface area contributed by atoms with Crippen LogP contribution in [0, 0.1) is 10.1 Å². The normalized spacial score (nSPS) is 14.1. The maximum absolute atomic E-state index is 12.2. The van der Waals surface area contributed by atoms with Crippen molar-refractivity contribution in [2.45, 2.75) is 39.5 Å². The number of benzene rings is 1. The highest BCUT2D eigenvalue weighted by Gasteiger charge is 2.26. The molecule has 1 fully saturated rings. The van der Waals surface area contributed by atoms with Gasteiger partial charge in [-0.25, -0.2) is 4.79 Å². The van der Waals surface area contributed by atoms with Crippen LogP contribution in [0.3, 0.4) is 0 Å². The minimum absolute atomic E-state index is 0.122. The number of hydrogen-bond donors (Lipinski definition) is 0. The predicted octanol–water partition coefficient (Wildman–Crippen LogP) is 3.00. The first-order chi connectivity index (χ1) is 13.0. The maximum atomic E-state index is 12.2. The number of anilines is 1. The standard InChI is InChI=1S/C19H27N3O5/c1-3-5-6-7-18(23)21-12-10-20(11-13-21)16-9-8-15(19(24)27-4-2)14-17(16)22(25)26/h8-9,14H,3-7,10-13H2,1-2H3. The summed E-state index contributed by atoms with van der Waals surface area (Å²) in [6.45, 7) is 6.14. The van der Waals surface area contributed by atoms with Gasteiger partial charge in [-0.2, -0.15) is 0 Å². The van der Waals surface area contributed by atoms with Crippen LogP contribution in [-0.4, -0.2) is 54.5 Å². The Bertz CT molecular complexity index is 684. The van der Waals surface area contributed by atoms with Crippen molar-refractivity contribution < 1.29 is 19.2 Å². The predicted molar refractivity (Wildman–Crippen MR) is 102 cm³/mol. The summed E-state index contributed by atoms with van der Waals surface area (Å²) in [4.78, 5) is 38.8. The molecule has 1 aliphatic rings. The number of nitro groups is 1. The van der Waals surface area contributed by atoms with E-state index in [1.54, 1.807) is 19.1 Å². The smallest absolute Gasteiger partial charge is 0.338 e. The van der Waals surface area contributed by atoms with Crippen molar-refractivity contribution >= 4 is 23.3 Å². The average molecular weight is 377 g/mol. The van der Waals surface area contributed by atoms with Crippen molar-refractivity contribution in [1.29, 1.82) is 0 Å². The van der Waals surface area contributed by atoms with E-state index in [-0.39, 0.29) is 23.8 Å². The molecule has 1 heterocycles. The first kappa shape index (κ1) is 20.7. The molecule has 1 amide bonds. The lowest BCUT2D eigenvalue weighted by Crippen LogP contribution is -2.48. The van der Waals surface area contributed by atoms with Crippen LogP contribution in [-0.2, 0) is 9.53 Å². The molecular formula is C19H27N3O5. The van der Waals surface area contributed by atoms with E-state index in [9.17, 15) is 19.7 Å². The lowest BCUT2D eigenvalue weighted by atomic mass is 10.1. The lowest BCUT2D eigenvalue weighted by Gasteiger charge is -2.36. The first-order valence-corrected chi connectivity index (χ1v) is 9.46. The molecular weight excluding hydrogens is 350 g/mol. The number of hydrogen-bond acceptors (Lipinski definition) is 6. The Morgan fingerprint density at radius 3 is 2.44 bits per heavy atom. The molecule has 0 N–H and O–H groups in total. The van der Waals surface area contributed by atoms with Gasteiger partial charge in [0.15, 0.2) is 0 Å². The number of ether oxygens (including phenoxy) is 1. The first-order valence-electron chi connectivity index (χ1n) is 9.46. The maximum Gasteiger partial charge on any atom is 0.338 e. The Labute approximate surface area is 159 Å². The summed E-state index contributed by atoms with van der Waals surface area (Å²) in [5.41, 5.74) is 0.506. The Hall–Kier alpha value is -2.64. The van der Waals surface area contributed by atoms with Crippen LogP contribution in [0.4, 0.5) is 11.4 Å². The summed E-state index contributed by atoms with van der Waals surface area (Å²) in [5, 5.41) is 11.5. The monoisotopic (exact) mass is 377 g/mol. The highest BCUT2D eigenvalue weighted by Crippen LogP contribution is 2.30. The molecule has 0 saturated carbocycles. The third-order valence-electron chi connectivity index (χ3n) is 4.65. The van der Waals surface area contributed by atoms with Crippen molar-refractivity contribution in [3.05, 3.63) is 33.9 Å². The quantitative estimate of drug-likeness (QED) is 0.299. The van der Waals surface area contributed by atoms with Crippen LogP contribution in [0.1, 0.15) is 49.9 Å². The fourth-order valence-corrected chi connectivity index (χ4v) is 3.16. The van der Waals surface area contributed by atoms with Gasteiger partial charge in [-0.05, 0) is 25.5 Å². The molecule has 1 saturated heterocycles. The Kier molecular flexibility index (Phi) is 7.57. The second-order valence-electron chi connectivity index (χ2n) is 6.51. The van der Waals surface area contributed by atoms with Gasteiger partial charge in [-0.1, -0.05) is 19.8 Å². The van der Waals surface area contributed by atoms with E-state index in [4.69, 9.17) is 4.74 Å². The molecule has 27 heavy (non-hydrogen) atoms. The van der Waals surface area contributed by atoms with Gasteiger partial charge in [-0.15, -0.1) is 0 Å². The summed E-state index contributed by atoms with van der Waals surface area (Å²) in [6.07, 6.45) is 3.58. The van der Waals surface area contributed by atoms with Crippen molar-refractivity contribution in [2.24, 2.45) is 0 Å². The zero-order valence-electron chi connectivity index (χ0n) is 16.0. The largest absolute Gasteiger partial charge is 0.462 e. The van der Waals surface area contributed by atoms with Crippen molar-refractivity contribution in [1.82, 2.24) is 4.90 Å². The molecule has 1 aromatic carbocycles. The fourth-order valence-electron chi connectivity index (χ4n) is 3.16. The topological polar surface area (TPSA) is 93.0 Å². The van der Waals surface area contributed by atoms with Gasteiger partial charge in [0, 0.05) is 38.7 Å². The Morgan fingerprint density at radius 1 is 1.15 bits per heavy atom. The van der Waals surface area contributed by atoms with Gasteiger partial charge in [0.1, 0.15) is 5.69 Å². The second-order valence-corrected chi connectivity index (χ2v) is 6.51. The summed E-state index contributed by atoms with van der Waals surface area (Å²) >= 11 is 0. The minimum Gasteiger partial charge on any atom is -0.462 e. The van der Waals surface area contributed by atoms with Crippen molar-refractivity contribution in [3.63, 3.8) is 0 Å².